The molecule has 1 unspecified atom stereocenters. The Labute approximate surface area is 121 Å². The third-order valence-electron chi connectivity index (χ3n) is 3.86. The van der Waals surface area contributed by atoms with E-state index in [1.54, 1.807) is 0 Å². The minimum Gasteiger partial charge on any atom is -0.384 e. The highest BCUT2D eigenvalue weighted by Gasteiger charge is 2.27. The molecule has 0 aromatic heterocycles. The van der Waals surface area contributed by atoms with Crippen LogP contribution in [-0.2, 0) is 4.79 Å². The molecule has 2 rings (SSSR count). The van der Waals surface area contributed by atoms with Crippen LogP contribution in [0.15, 0.2) is 24.3 Å². The van der Waals surface area contributed by atoms with Crippen molar-refractivity contribution in [1.82, 2.24) is 10.2 Å². The van der Waals surface area contributed by atoms with Gasteiger partial charge in [-0.05, 0) is 31.1 Å². The summed E-state index contributed by atoms with van der Waals surface area (Å²) in [6.45, 7) is 8.84. The number of amides is 1. The lowest BCUT2D eigenvalue weighted by Gasteiger charge is -2.20. The van der Waals surface area contributed by atoms with Gasteiger partial charge in [-0.2, -0.15) is 0 Å². The number of benzene rings is 1. The van der Waals surface area contributed by atoms with E-state index in [9.17, 15) is 4.79 Å². The third kappa shape index (κ3) is 3.51. The first-order valence-corrected chi connectivity index (χ1v) is 7.59. The second-order valence-corrected chi connectivity index (χ2v) is 5.25. The molecule has 0 aliphatic carbocycles. The molecule has 0 fully saturated rings. The van der Waals surface area contributed by atoms with E-state index in [2.05, 4.69) is 29.4 Å². The molecule has 0 radical (unpaired) electrons. The number of nitrogens with zero attached hydrogens (tertiary/aromatic N) is 1. The first-order chi connectivity index (χ1) is 9.76. The number of likely N-dealkylation sites (N-methyl/N-ethyl adjacent to an activating group) is 1. The first kappa shape index (κ1) is 14.9. The molecule has 1 amide bonds. The fourth-order valence-corrected chi connectivity index (χ4v) is 2.72. The quantitative estimate of drug-likeness (QED) is 0.800. The fourth-order valence-electron chi connectivity index (χ4n) is 2.72. The molecule has 1 heterocycles. The summed E-state index contributed by atoms with van der Waals surface area (Å²) in [4.78, 5) is 14.6. The first-order valence-electron chi connectivity index (χ1n) is 7.59. The number of fused-ring (bicyclic) bond motifs is 1. The zero-order chi connectivity index (χ0) is 14.4. The van der Waals surface area contributed by atoms with Crippen LogP contribution in [0, 0.1) is 0 Å². The standard InChI is InChI=1S/C16H25N3O/c1-3-10-19(4-2)11-9-17-16(20)14-12-18-15-8-6-5-7-13(14)15/h5-8,14,18H,3-4,9-12H2,1-2H3,(H,17,20). The predicted molar refractivity (Wildman–Crippen MR) is 83.1 cm³/mol. The van der Waals surface area contributed by atoms with Crippen molar-refractivity contribution in [1.29, 1.82) is 0 Å². The van der Waals surface area contributed by atoms with Crippen LogP contribution in [0.1, 0.15) is 31.7 Å². The van der Waals surface area contributed by atoms with Crippen molar-refractivity contribution >= 4 is 11.6 Å². The molecule has 4 heteroatoms. The maximum absolute atomic E-state index is 12.3. The van der Waals surface area contributed by atoms with Crippen LogP contribution in [0.25, 0.3) is 0 Å². The van der Waals surface area contributed by atoms with Gasteiger partial charge in [-0.1, -0.05) is 32.0 Å². The fraction of sp³-hybridized carbons (Fsp3) is 0.562. The summed E-state index contributed by atoms with van der Waals surface area (Å²) in [5.74, 6) is 0.0856. The summed E-state index contributed by atoms with van der Waals surface area (Å²) in [5, 5.41) is 6.36. The molecule has 4 nitrogen and oxygen atoms in total. The Morgan fingerprint density at radius 1 is 1.35 bits per heavy atom. The van der Waals surface area contributed by atoms with Gasteiger partial charge in [0.1, 0.15) is 0 Å². The minimum absolute atomic E-state index is 0.0487. The molecule has 1 aliphatic rings. The largest absolute Gasteiger partial charge is 0.384 e. The lowest BCUT2D eigenvalue weighted by Crippen LogP contribution is -2.37. The topological polar surface area (TPSA) is 44.4 Å². The Hall–Kier alpha value is -1.55. The van der Waals surface area contributed by atoms with Crippen molar-refractivity contribution < 1.29 is 4.79 Å². The zero-order valence-electron chi connectivity index (χ0n) is 12.5. The smallest absolute Gasteiger partial charge is 0.229 e. The zero-order valence-corrected chi connectivity index (χ0v) is 12.5. The second-order valence-electron chi connectivity index (χ2n) is 5.25. The lowest BCUT2D eigenvalue weighted by atomic mass is 10.0. The lowest BCUT2D eigenvalue weighted by molar-refractivity contribution is -0.122. The number of rotatable bonds is 7. The van der Waals surface area contributed by atoms with Crippen molar-refractivity contribution in [3.05, 3.63) is 29.8 Å². The highest BCUT2D eigenvalue weighted by atomic mass is 16.1. The Morgan fingerprint density at radius 2 is 2.15 bits per heavy atom. The Morgan fingerprint density at radius 3 is 2.90 bits per heavy atom. The van der Waals surface area contributed by atoms with Gasteiger partial charge in [-0.15, -0.1) is 0 Å². The van der Waals surface area contributed by atoms with Crippen LogP contribution >= 0.6 is 0 Å². The molecule has 0 saturated heterocycles. The molecular formula is C16H25N3O. The third-order valence-corrected chi connectivity index (χ3v) is 3.86. The van der Waals surface area contributed by atoms with Gasteiger partial charge >= 0.3 is 0 Å². The summed E-state index contributed by atoms with van der Waals surface area (Å²) in [6, 6.07) is 8.06. The SMILES string of the molecule is CCCN(CC)CCNC(=O)C1CNc2ccccc21. The van der Waals surface area contributed by atoms with Gasteiger partial charge in [0.15, 0.2) is 0 Å². The normalized spacial score (nSPS) is 16.9. The second kappa shape index (κ2) is 7.29. The summed E-state index contributed by atoms with van der Waals surface area (Å²) >= 11 is 0. The van der Waals surface area contributed by atoms with E-state index in [4.69, 9.17) is 0 Å². The molecule has 2 N–H and O–H groups in total. The van der Waals surface area contributed by atoms with E-state index < -0.39 is 0 Å². The van der Waals surface area contributed by atoms with E-state index in [-0.39, 0.29) is 11.8 Å². The minimum atomic E-state index is -0.0487. The molecule has 0 spiro atoms. The van der Waals surface area contributed by atoms with Crippen LogP contribution in [0.4, 0.5) is 5.69 Å². The summed E-state index contributed by atoms with van der Waals surface area (Å²) in [6.07, 6.45) is 1.15. The van der Waals surface area contributed by atoms with Crippen molar-refractivity contribution in [3.63, 3.8) is 0 Å². The average Bonchev–Trinajstić information content (AvgIpc) is 2.90. The number of hydrogen-bond acceptors (Lipinski definition) is 3. The Balaban J connectivity index is 1.82. The van der Waals surface area contributed by atoms with Gasteiger partial charge in [-0.3, -0.25) is 4.79 Å². The number of carbonyl (C=O) groups excluding carboxylic acids is 1. The Bertz CT molecular complexity index is 447. The number of anilines is 1. The summed E-state index contributed by atoms with van der Waals surface area (Å²) in [5.41, 5.74) is 2.21. The van der Waals surface area contributed by atoms with Crippen molar-refractivity contribution in [2.45, 2.75) is 26.2 Å². The van der Waals surface area contributed by atoms with Crippen LogP contribution in [0.5, 0.6) is 0 Å². The van der Waals surface area contributed by atoms with Gasteiger partial charge in [-0.25, -0.2) is 0 Å². The van der Waals surface area contributed by atoms with Crippen molar-refractivity contribution in [2.75, 3.05) is 38.0 Å². The van der Waals surface area contributed by atoms with Gasteiger partial charge in [0.2, 0.25) is 5.91 Å². The van der Waals surface area contributed by atoms with Gasteiger partial charge < -0.3 is 15.5 Å². The average molecular weight is 275 g/mol. The Kier molecular flexibility index (Phi) is 5.41. The van der Waals surface area contributed by atoms with E-state index in [1.807, 2.05) is 24.3 Å². The number of hydrogen-bond donors (Lipinski definition) is 2. The monoisotopic (exact) mass is 275 g/mol. The molecule has 0 bridgehead atoms. The van der Waals surface area contributed by atoms with Gasteiger partial charge in [0.05, 0.1) is 5.92 Å². The van der Waals surface area contributed by atoms with Crippen LogP contribution in [-0.4, -0.2) is 43.5 Å². The molecule has 1 aromatic rings. The predicted octanol–water partition coefficient (Wildman–Crippen LogP) is 2.04. The van der Waals surface area contributed by atoms with Crippen molar-refractivity contribution in [3.8, 4) is 0 Å². The van der Waals surface area contributed by atoms with E-state index >= 15 is 0 Å². The molecular weight excluding hydrogens is 250 g/mol. The van der Waals surface area contributed by atoms with E-state index in [1.165, 1.54) is 0 Å². The number of nitrogens with one attached hydrogen (secondary N) is 2. The van der Waals surface area contributed by atoms with E-state index in [0.717, 1.165) is 43.9 Å². The van der Waals surface area contributed by atoms with E-state index in [0.29, 0.717) is 6.54 Å². The number of carbonyl (C=O) groups is 1. The molecule has 1 atom stereocenters. The van der Waals surface area contributed by atoms with Crippen LogP contribution in [0.3, 0.4) is 0 Å². The van der Waals surface area contributed by atoms with Gasteiger partial charge in [0, 0.05) is 25.3 Å². The van der Waals surface area contributed by atoms with Crippen molar-refractivity contribution in [2.24, 2.45) is 0 Å². The number of para-hydroxylation sites is 1. The molecule has 1 aliphatic heterocycles. The molecule has 0 saturated carbocycles. The molecule has 110 valence electrons. The van der Waals surface area contributed by atoms with Crippen LogP contribution < -0.4 is 10.6 Å². The maximum Gasteiger partial charge on any atom is 0.229 e. The summed E-state index contributed by atoms with van der Waals surface area (Å²) < 4.78 is 0. The highest BCUT2D eigenvalue weighted by Crippen LogP contribution is 2.30. The molecule has 20 heavy (non-hydrogen) atoms. The van der Waals surface area contributed by atoms with Crippen LogP contribution in [0.2, 0.25) is 0 Å². The van der Waals surface area contributed by atoms with Gasteiger partial charge in [0.25, 0.3) is 0 Å². The molecule has 1 aromatic carbocycles. The highest BCUT2D eigenvalue weighted by molar-refractivity contribution is 5.88. The summed E-state index contributed by atoms with van der Waals surface area (Å²) in [7, 11) is 0. The maximum atomic E-state index is 12.3.